The maximum Gasteiger partial charge on any atom is 0.417 e. The Morgan fingerprint density at radius 2 is 1.96 bits per heavy atom. The topological polar surface area (TPSA) is 34.0 Å². The molecular weight excluding hydrogens is 305 g/mol. The summed E-state index contributed by atoms with van der Waals surface area (Å²) in [6.07, 6.45) is -1.50. The first-order valence-electron chi connectivity index (χ1n) is 7.59. The summed E-state index contributed by atoms with van der Waals surface area (Å²) in [6.45, 7) is 4.78. The smallest absolute Gasteiger partial charge is 0.349 e. The lowest BCUT2D eigenvalue weighted by molar-refractivity contribution is -0.137. The summed E-state index contributed by atoms with van der Waals surface area (Å²) in [6, 6.07) is 2.68. The molecule has 2 aromatic heterocycles. The van der Waals surface area contributed by atoms with Crippen molar-refractivity contribution in [1.29, 1.82) is 0 Å². The molecule has 0 radical (unpaired) electrons. The molecule has 0 saturated carbocycles. The molecule has 0 bridgehead atoms. The third-order valence-electron chi connectivity index (χ3n) is 4.52. The molecule has 0 spiro atoms. The summed E-state index contributed by atoms with van der Waals surface area (Å²) < 4.78 is 39.9. The number of nitrogens with zero attached hydrogens (tertiary/aromatic N) is 4. The molecule has 1 saturated heterocycles. The van der Waals surface area contributed by atoms with Crippen molar-refractivity contribution < 1.29 is 13.2 Å². The number of rotatable bonds is 2. The van der Waals surface area contributed by atoms with Gasteiger partial charge in [-0.05, 0) is 38.8 Å². The molecule has 0 amide bonds. The molecule has 3 rings (SSSR count). The molecule has 2 aromatic rings. The largest absolute Gasteiger partial charge is 0.417 e. The van der Waals surface area contributed by atoms with Crippen molar-refractivity contribution >= 4 is 5.82 Å². The molecule has 1 atom stereocenters. The first-order chi connectivity index (χ1) is 10.8. The van der Waals surface area contributed by atoms with Crippen LogP contribution in [0.3, 0.4) is 0 Å². The first-order valence-corrected chi connectivity index (χ1v) is 7.59. The van der Waals surface area contributed by atoms with Crippen LogP contribution in [0.15, 0.2) is 18.3 Å². The standard InChI is InChI=1S/C16H19F3N4/c1-10-15(11(2)22(3)21-10)13-5-4-8-23(13)14-7-6-12(9-20-14)16(17,18)19/h6-7,9,13H,4-5,8H2,1-3H3. The van der Waals surface area contributed by atoms with Crippen molar-refractivity contribution in [2.24, 2.45) is 7.05 Å². The fourth-order valence-electron chi connectivity index (χ4n) is 3.34. The van der Waals surface area contributed by atoms with Crippen LogP contribution in [0.5, 0.6) is 0 Å². The van der Waals surface area contributed by atoms with Gasteiger partial charge in [0, 0.05) is 31.0 Å². The summed E-state index contributed by atoms with van der Waals surface area (Å²) in [7, 11) is 1.90. The molecule has 0 aliphatic carbocycles. The second-order valence-corrected chi connectivity index (χ2v) is 5.96. The van der Waals surface area contributed by atoms with Crippen LogP contribution in [-0.4, -0.2) is 21.3 Å². The maximum atomic E-state index is 12.7. The number of anilines is 1. The Morgan fingerprint density at radius 1 is 1.22 bits per heavy atom. The predicted octanol–water partition coefficient (Wildman–Crippen LogP) is 3.79. The number of aryl methyl sites for hydroxylation is 2. The van der Waals surface area contributed by atoms with Crippen LogP contribution in [0.25, 0.3) is 0 Å². The monoisotopic (exact) mass is 324 g/mol. The van der Waals surface area contributed by atoms with Crippen LogP contribution in [0, 0.1) is 13.8 Å². The van der Waals surface area contributed by atoms with Crippen molar-refractivity contribution in [2.75, 3.05) is 11.4 Å². The Labute approximate surface area is 132 Å². The van der Waals surface area contributed by atoms with Gasteiger partial charge in [-0.15, -0.1) is 0 Å². The Balaban J connectivity index is 1.93. The van der Waals surface area contributed by atoms with Gasteiger partial charge in [0.2, 0.25) is 0 Å². The maximum absolute atomic E-state index is 12.7. The first kappa shape index (κ1) is 15.8. The molecule has 0 aromatic carbocycles. The molecule has 0 N–H and O–H groups in total. The van der Waals surface area contributed by atoms with Gasteiger partial charge in [-0.1, -0.05) is 0 Å². The lowest BCUT2D eigenvalue weighted by Gasteiger charge is -2.26. The number of aromatic nitrogens is 3. The third-order valence-corrected chi connectivity index (χ3v) is 4.52. The highest BCUT2D eigenvalue weighted by molar-refractivity contribution is 5.46. The molecular formula is C16H19F3N4. The van der Waals surface area contributed by atoms with Crippen molar-refractivity contribution in [3.63, 3.8) is 0 Å². The van der Waals surface area contributed by atoms with E-state index in [4.69, 9.17) is 0 Å². The van der Waals surface area contributed by atoms with Crippen molar-refractivity contribution in [1.82, 2.24) is 14.8 Å². The number of pyridine rings is 1. The minimum atomic E-state index is -4.35. The van der Waals surface area contributed by atoms with Crippen molar-refractivity contribution in [3.05, 3.63) is 40.8 Å². The Kier molecular flexibility index (Phi) is 3.82. The van der Waals surface area contributed by atoms with E-state index in [0.29, 0.717) is 5.82 Å². The van der Waals surface area contributed by atoms with Crippen molar-refractivity contribution in [2.45, 2.75) is 38.9 Å². The zero-order valence-electron chi connectivity index (χ0n) is 13.4. The number of hydrogen-bond donors (Lipinski definition) is 0. The number of alkyl halides is 3. The third kappa shape index (κ3) is 2.80. The lowest BCUT2D eigenvalue weighted by atomic mass is 10.0. The molecule has 4 nitrogen and oxygen atoms in total. The van der Waals surface area contributed by atoms with Gasteiger partial charge in [0.05, 0.1) is 17.3 Å². The minimum Gasteiger partial charge on any atom is -0.349 e. The highest BCUT2D eigenvalue weighted by Crippen LogP contribution is 2.38. The van der Waals surface area contributed by atoms with E-state index in [1.807, 2.05) is 25.6 Å². The number of hydrogen-bond acceptors (Lipinski definition) is 3. The fraction of sp³-hybridized carbons (Fsp3) is 0.500. The average Bonchev–Trinajstić information content (AvgIpc) is 3.04. The highest BCUT2D eigenvalue weighted by atomic mass is 19.4. The molecule has 1 aliphatic rings. The average molecular weight is 324 g/mol. The zero-order valence-corrected chi connectivity index (χ0v) is 13.4. The quantitative estimate of drug-likeness (QED) is 0.843. The molecule has 1 unspecified atom stereocenters. The van der Waals surface area contributed by atoms with E-state index in [9.17, 15) is 13.2 Å². The van der Waals surface area contributed by atoms with E-state index in [0.717, 1.165) is 48.6 Å². The van der Waals surface area contributed by atoms with Crippen molar-refractivity contribution in [3.8, 4) is 0 Å². The molecule has 124 valence electrons. The second kappa shape index (κ2) is 5.54. The van der Waals surface area contributed by atoms with Crippen LogP contribution in [0.4, 0.5) is 19.0 Å². The molecule has 3 heterocycles. The molecule has 7 heteroatoms. The van der Waals surface area contributed by atoms with E-state index < -0.39 is 11.7 Å². The summed E-state index contributed by atoms with van der Waals surface area (Å²) in [5.41, 5.74) is 2.50. The Bertz CT molecular complexity index is 703. The Hall–Kier alpha value is -2.05. The van der Waals surface area contributed by atoms with Gasteiger partial charge in [0.25, 0.3) is 0 Å². The second-order valence-electron chi connectivity index (χ2n) is 5.96. The van der Waals surface area contributed by atoms with E-state index in [1.54, 1.807) is 0 Å². The number of halogens is 3. The summed E-state index contributed by atoms with van der Waals surface area (Å²) in [5.74, 6) is 0.586. The van der Waals surface area contributed by atoms with E-state index in [-0.39, 0.29) is 6.04 Å². The van der Waals surface area contributed by atoms with E-state index in [2.05, 4.69) is 15.0 Å². The van der Waals surface area contributed by atoms with Crippen LogP contribution >= 0.6 is 0 Å². The highest BCUT2D eigenvalue weighted by Gasteiger charge is 2.33. The summed E-state index contributed by atoms with van der Waals surface area (Å²) in [4.78, 5) is 6.13. The van der Waals surface area contributed by atoms with Gasteiger partial charge >= 0.3 is 6.18 Å². The zero-order chi connectivity index (χ0) is 16.8. The normalized spacial score (nSPS) is 18.7. The van der Waals surface area contributed by atoms with E-state index in [1.165, 1.54) is 6.07 Å². The molecule has 1 aliphatic heterocycles. The van der Waals surface area contributed by atoms with Gasteiger partial charge in [-0.3, -0.25) is 4.68 Å². The molecule has 23 heavy (non-hydrogen) atoms. The summed E-state index contributed by atoms with van der Waals surface area (Å²) >= 11 is 0. The predicted molar refractivity (Wildman–Crippen MR) is 81.2 cm³/mol. The van der Waals surface area contributed by atoms with Gasteiger partial charge in [-0.25, -0.2) is 4.98 Å². The van der Waals surface area contributed by atoms with Gasteiger partial charge < -0.3 is 4.90 Å². The van der Waals surface area contributed by atoms with Crippen LogP contribution in [0.2, 0.25) is 0 Å². The fourth-order valence-corrected chi connectivity index (χ4v) is 3.34. The van der Waals surface area contributed by atoms with Crippen LogP contribution in [-0.2, 0) is 13.2 Å². The van der Waals surface area contributed by atoms with Crippen LogP contribution < -0.4 is 4.90 Å². The van der Waals surface area contributed by atoms with Gasteiger partial charge in [-0.2, -0.15) is 18.3 Å². The SMILES string of the molecule is Cc1nn(C)c(C)c1C1CCCN1c1ccc(C(F)(F)F)cn1. The Morgan fingerprint density at radius 3 is 2.48 bits per heavy atom. The minimum absolute atomic E-state index is 0.118. The van der Waals surface area contributed by atoms with E-state index >= 15 is 0 Å². The van der Waals surface area contributed by atoms with Gasteiger partial charge in [0.1, 0.15) is 5.82 Å². The summed E-state index contributed by atoms with van der Waals surface area (Å²) in [5, 5.41) is 4.45. The van der Waals surface area contributed by atoms with Gasteiger partial charge in [0.15, 0.2) is 0 Å². The lowest BCUT2D eigenvalue weighted by Crippen LogP contribution is -2.24. The van der Waals surface area contributed by atoms with Crippen LogP contribution in [0.1, 0.15) is 41.4 Å². The molecule has 1 fully saturated rings.